The van der Waals surface area contributed by atoms with E-state index in [2.05, 4.69) is 0 Å². The second-order valence-electron chi connectivity index (χ2n) is 2.41. The van der Waals surface area contributed by atoms with E-state index < -0.39 is 12.2 Å². The van der Waals surface area contributed by atoms with Gasteiger partial charge in [0.2, 0.25) is 0 Å². The van der Waals surface area contributed by atoms with Crippen LogP contribution in [0.1, 0.15) is 10.9 Å². The second kappa shape index (κ2) is 3.55. The number of hydrogen-bond acceptors (Lipinski definition) is 3. The molecular weight excluding hydrogens is 203 g/mol. The van der Waals surface area contributed by atoms with Gasteiger partial charge in [0.15, 0.2) is 0 Å². The molecular formula is C7H8F3NOS. The van der Waals surface area contributed by atoms with Crippen LogP contribution in [-0.2, 0) is 0 Å². The normalized spacial score (nSPS) is 14.2. The maximum Gasteiger partial charge on any atom is 0.408 e. The molecule has 0 aliphatic carbocycles. The number of halogens is 3. The van der Waals surface area contributed by atoms with Gasteiger partial charge in [-0.05, 0) is 6.07 Å². The molecule has 1 unspecified atom stereocenters. The Balaban J connectivity index is 2.83. The number of thiophene rings is 1. The largest absolute Gasteiger partial charge is 0.496 e. The molecule has 74 valence electrons. The van der Waals surface area contributed by atoms with Crippen molar-refractivity contribution in [2.75, 3.05) is 7.11 Å². The number of methoxy groups -OCH3 is 1. The average molecular weight is 211 g/mol. The van der Waals surface area contributed by atoms with E-state index in [9.17, 15) is 13.2 Å². The zero-order valence-electron chi connectivity index (χ0n) is 6.76. The Morgan fingerprint density at radius 3 is 2.54 bits per heavy atom. The SMILES string of the molecule is COc1csc(C(N)C(F)(F)F)c1. The minimum atomic E-state index is -4.39. The first kappa shape index (κ1) is 10.3. The van der Waals surface area contributed by atoms with Crippen molar-refractivity contribution >= 4 is 11.3 Å². The van der Waals surface area contributed by atoms with Gasteiger partial charge in [0.1, 0.15) is 11.8 Å². The van der Waals surface area contributed by atoms with Gasteiger partial charge in [0.25, 0.3) is 0 Å². The van der Waals surface area contributed by atoms with Crippen molar-refractivity contribution < 1.29 is 17.9 Å². The van der Waals surface area contributed by atoms with E-state index in [-0.39, 0.29) is 4.88 Å². The smallest absolute Gasteiger partial charge is 0.408 e. The van der Waals surface area contributed by atoms with Crippen LogP contribution in [0.25, 0.3) is 0 Å². The highest BCUT2D eigenvalue weighted by Gasteiger charge is 2.38. The predicted molar refractivity (Wildman–Crippen MR) is 43.9 cm³/mol. The molecule has 1 aromatic rings. The number of ether oxygens (including phenoxy) is 1. The maximum absolute atomic E-state index is 12.1. The molecule has 2 N–H and O–H groups in total. The van der Waals surface area contributed by atoms with Crippen molar-refractivity contribution in [2.24, 2.45) is 5.73 Å². The molecule has 0 saturated carbocycles. The fraction of sp³-hybridized carbons (Fsp3) is 0.429. The van der Waals surface area contributed by atoms with Crippen LogP contribution in [0.15, 0.2) is 11.4 Å². The molecule has 1 heterocycles. The third-order valence-corrected chi connectivity index (χ3v) is 2.48. The summed E-state index contributed by atoms with van der Waals surface area (Å²) in [6.07, 6.45) is -4.39. The summed E-state index contributed by atoms with van der Waals surface area (Å²) in [5.41, 5.74) is 4.97. The zero-order chi connectivity index (χ0) is 10.1. The molecule has 0 radical (unpaired) electrons. The van der Waals surface area contributed by atoms with Crippen molar-refractivity contribution in [3.05, 3.63) is 16.3 Å². The lowest BCUT2D eigenvalue weighted by atomic mass is 10.2. The molecule has 0 bridgehead atoms. The highest BCUT2D eigenvalue weighted by Crippen LogP contribution is 2.35. The first-order chi connectivity index (χ1) is 5.95. The maximum atomic E-state index is 12.1. The van der Waals surface area contributed by atoms with Gasteiger partial charge < -0.3 is 10.5 Å². The van der Waals surface area contributed by atoms with Gasteiger partial charge in [0.05, 0.1) is 7.11 Å². The molecule has 0 aromatic carbocycles. The van der Waals surface area contributed by atoms with Crippen molar-refractivity contribution in [1.82, 2.24) is 0 Å². The molecule has 1 atom stereocenters. The molecule has 2 nitrogen and oxygen atoms in total. The van der Waals surface area contributed by atoms with Gasteiger partial charge in [-0.15, -0.1) is 11.3 Å². The highest BCUT2D eigenvalue weighted by molar-refractivity contribution is 7.10. The summed E-state index contributed by atoms with van der Waals surface area (Å²) in [5, 5.41) is 1.49. The Morgan fingerprint density at radius 1 is 1.54 bits per heavy atom. The summed E-state index contributed by atoms with van der Waals surface area (Å²) in [4.78, 5) is 0.0596. The monoisotopic (exact) mass is 211 g/mol. The van der Waals surface area contributed by atoms with E-state index in [0.29, 0.717) is 5.75 Å². The third-order valence-electron chi connectivity index (χ3n) is 1.49. The van der Waals surface area contributed by atoms with E-state index in [4.69, 9.17) is 10.5 Å². The van der Waals surface area contributed by atoms with Crippen LogP contribution in [0.2, 0.25) is 0 Å². The van der Waals surface area contributed by atoms with E-state index >= 15 is 0 Å². The molecule has 0 spiro atoms. The molecule has 6 heteroatoms. The lowest BCUT2D eigenvalue weighted by Crippen LogP contribution is -2.27. The van der Waals surface area contributed by atoms with Gasteiger partial charge in [-0.1, -0.05) is 0 Å². The van der Waals surface area contributed by atoms with Crippen LogP contribution < -0.4 is 10.5 Å². The third kappa shape index (κ3) is 2.35. The van der Waals surface area contributed by atoms with Crippen LogP contribution in [0.3, 0.4) is 0 Å². The van der Waals surface area contributed by atoms with Crippen molar-refractivity contribution in [2.45, 2.75) is 12.2 Å². The molecule has 1 aromatic heterocycles. The lowest BCUT2D eigenvalue weighted by molar-refractivity contribution is -0.148. The fourth-order valence-electron chi connectivity index (χ4n) is 0.766. The van der Waals surface area contributed by atoms with E-state index in [1.165, 1.54) is 18.6 Å². The van der Waals surface area contributed by atoms with Gasteiger partial charge >= 0.3 is 6.18 Å². The molecule has 0 aliphatic heterocycles. The van der Waals surface area contributed by atoms with Crippen LogP contribution in [0, 0.1) is 0 Å². The Bertz CT molecular complexity index is 284. The second-order valence-corrected chi connectivity index (χ2v) is 3.35. The summed E-state index contributed by atoms with van der Waals surface area (Å²) < 4.78 is 41.0. The molecule has 13 heavy (non-hydrogen) atoms. The summed E-state index contributed by atoms with van der Waals surface area (Å²) in [6.45, 7) is 0. The van der Waals surface area contributed by atoms with Gasteiger partial charge in [-0.3, -0.25) is 0 Å². The van der Waals surface area contributed by atoms with Gasteiger partial charge in [-0.25, -0.2) is 0 Å². The minimum Gasteiger partial charge on any atom is -0.496 e. The van der Waals surface area contributed by atoms with Crippen LogP contribution in [0.5, 0.6) is 5.75 Å². The number of alkyl halides is 3. The topological polar surface area (TPSA) is 35.2 Å². The molecule has 0 saturated heterocycles. The first-order valence-electron chi connectivity index (χ1n) is 3.40. The van der Waals surface area contributed by atoms with E-state index in [0.717, 1.165) is 11.3 Å². The minimum absolute atomic E-state index is 0.0596. The molecule has 1 rings (SSSR count). The van der Waals surface area contributed by atoms with Gasteiger partial charge in [-0.2, -0.15) is 13.2 Å². The molecule has 0 amide bonds. The molecule has 0 aliphatic rings. The van der Waals surface area contributed by atoms with E-state index in [1.54, 1.807) is 0 Å². The lowest BCUT2D eigenvalue weighted by Gasteiger charge is -2.12. The number of rotatable bonds is 2. The summed E-state index contributed by atoms with van der Waals surface area (Å²) in [6, 6.07) is -0.621. The van der Waals surface area contributed by atoms with E-state index in [1.807, 2.05) is 0 Å². The van der Waals surface area contributed by atoms with Crippen molar-refractivity contribution in [3.8, 4) is 5.75 Å². The predicted octanol–water partition coefficient (Wildman–Crippen LogP) is 2.32. The molecule has 0 fully saturated rings. The summed E-state index contributed by atoms with van der Waals surface area (Å²) >= 11 is 0.939. The Kier molecular flexibility index (Phi) is 2.82. The zero-order valence-corrected chi connectivity index (χ0v) is 7.58. The van der Waals surface area contributed by atoms with Gasteiger partial charge in [0, 0.05) is 10.3 Å². The number of nitrogens with two attached hydrogens (primary N) is 1. The van der Waals surface area contributed by atoms with Crippen molar-refractivity contribution in [3.63, 3.8) is 0 Å². The quantitative estimate of drug-likeness (QED) is 0.814. The Morgan fingerprint density at radius 2 is 2.15 bits per heavy atom. The Hall–Kier alpha value is -0.750. The highest BCUT2D eigenvalue weighted by atomic mass is 32.1. The van der Waals surface area contributed by atoms with Crippen LogP contribution in [-0.4, -0.2) is 13.3 Å². The van der Waals surface area contributed by atoms with Crippen molar-refractivity contribution in [1.29, 1.82) is 0 Å². The standard InChI is InChI=1S/C7H8F3NOS/c1-12-4-2-5(13-3-4)6(11)7(8,9)10/h2-3,6H,11H2,1H3. The number of hydrogen-bond donors (Lipinski definition) is 1. The first-order valence-corrected chi connectivity index (χ1v) is 4.28. The summed E-state index contributed by atoms with van der Waals surface area (Å²) in [5.74, 6) is 0.403. The summed E-state index contributed by atoms with van der Waals surface area (Å²) in [7, 11) is 1.39. The fourth-order valence-corrected chi connectivity index (χ4v) is 1.65. The van der Waals surface area contributed by atoms with Crippen LogP contribution in [0.4, 0.5) is 13.2 Å². The Labute approximate surface area is 77.1 Å². The average Bonchev–Trinajstić information content (AvgIpc) is 2.48. The van der Waals surface area contributed by atoms with Crippen LogP contribution >= 0.6 is 11.3 Å².